The van der Waals surface area contributed by atoms with Crippen LogP contribution in [0.2, 0.25) is 0 Å². The van der Waals surface area contributed by atoms with Gasteiger partial charge in [-0.15, -0.1) is 7.92 Å². The van der Waals surface area contributed by atoms with E-state index in [1.165, 1.54) is 43.2 Å². The van der Waals surface area contributed by atoms with Gasteiger partial charge in [-0.25, -0.2) is 0 Å². The van der Waals surface area contributed by atoms with Crippen LogP contribution in [-0.4, -0.2) is 17.5 Å². The fraction of sp³-hybridized carbons (Fsp3) is 1.00. The van der Waals surface area contributed by atoms with Crippen LogP contribution in [0.25, 0.3) is 0 Å². The van der Waals surface area contributed by atoms with Crippen molar-refractivity contribution >= 4 is 7.92 Å². The van der Waals surface area contributed by atoms with Gasteiger partial charge in [-0.3, -0.25) is 0 Å². The highest BCUT2D eigenvalue weighted by Gasteiger charge is 2.30. The van der Waals surface area contributed by atoms with Crippen molar-refractivity contribution in [2.75, 3.05) is 6.16 Å². The summed E-state index contributed by atoms with van der Waals surface area (Å²) in [5.74, 6) is 0. The number of rotatable bonds is 3. The zero-order chi connectivity index (χ0) is 9.10. The van der Waals surface area contributed by atoms with Gasteiger partial charge in [-0.05, 0) is 43.2 Å². The van der Waals surface area contributed by atoms with Crippen molar-refractivity contribution in [1.29, 1.82) is 0 Å². The predicted octanol–water partition coefficient (Wildman–Crippen LogP) is 4.37. The van der Waals surface area contributed by atoms with Gasteiger partial charge in [0.25, 0.3) is 0 Å². The Hall–Kier alpha value is 0.430. The first-order valence-electron chi connectivity index (χ1n) is 6.17. The van der Waals surface area contributed by atoms with E-state index in [1.807, 2.05) is 0 Å². The van der Waals surface area contributed by atoms with Gasteiger partial charge in [-0.2, -0.15) is 0 Å². The molecule has 0 aromatic rings. The molecule has 0 bridgehead atoms. The summed E-state index contributed by atoms with van der Waals surface area (Å²) in [5, 5.41) is 0. The van der Waals surface area contributed by atoms with Gasteiger partial charge in [0.05, 0.1) is 0 Å². The topological polar surface area (TPSA) is 0 Å². The summed E-state index contributed by atoms with van der Waals surface area (Å²) in [4.78, 5) is 0. The molecule has 76 valence electrons. The lowest BCUT2D eigenvalue weighted by molar-refractivity contribution is 0.825. The van der Waals surface area contributed by atoms with Crippen LogP contribution in [0.1, 0.15) is 58.3 Å². The molecule has 1 heteroatoms. The first kappa shape index (κ1) is 9.97. The minimum Gasteiger partial charge on any atom is -0.101 e. The van der Waals surface area contributed by atoms with E-state index in [-0.39, 0.29) is 0 Å². The maximum atomic E-state index is 2.45. The number of hydrogen-bond acceptors (Lipinski definition) is 0. The van der Waals surface area contributed by atoms with Gasteiger partial charge >= 0.3 is 0 Å². The highest BCUT2D eigenvalue weighted by Crippen LogP contribution is 2.56. The van der Waals surface area contributed by atoms with E-state index in [9.17, 15) is 0 Å². The molecule has 0 aromatic heterocycles. The molecule has 13 heavy (non-hydrogen) atoms. The first-order chi connectivity index (χ1) is 6.42. The van der Waals surface area contributed by atoms with Crippen LogP contribution in [0.5, 0.6) is 0 Å². The second-order valence-corrected chi connectivity index (χ2v) is 7.83. The lowest BCUT2D eigenvalue weighted by Gasteiger charge is -2.28. The predicted molar refractivity (Wildman–Crippen MR) is 62.0 cm³/mol. The Labute approximate surface area is 84.2 Å². The molecule has 0 spiro atoms. The Morgan fingerprint density at radius 1 is 0.846 bits per heavy atom. The van der Waals surface area contributed by atoms with Gasteiger partial charge < -0.3 is 0 Å². The van der Waals surface area contributed by atoms with Gasteiger partial charge in [0.2, 0.25) is 0 Å². The van der Waals surface area contributed by atoms with E-state index in [1.54, 1.807) is 25.7 Å². The molecule has 2 aliphatic carbocycles. The van der Waals surface area contributed by atoms with Gasteiger partial charge in [-0.1, -0.05) is 32.6 Å². The standard InChI is InChI=1S/C12H23P/c1-2-13(11-7-3-4-8-11)12-9-5-6-10-12/h11-12H,2-10H2,1H3. The summed E-state index contributed by atoms with van der Waals surface area (Å²) in [6.45, 7) is 2.45. The van der Waals surface area contributed by atoms with E-state index in [4.69, 9.17) is 0 Å². The van der Waals surface area contributed by atoms with Crippen molar-refractivity contribution in [3.63, 3.8) is 0 Å². The van der Waals surface area contributed by atoms with Crippen LogP contribution in [0, 0.1) is 0 Å². The normalized spacial score (nSPS) is 26.3. The third-order valence-corrected chi connectivity index (χ3v) is 7.59. The molecule has 0 saturated heterocycles. The monoisotopic (exact) mass is 198 g/mol. The molecule has 2 saturated carbocycles. The molecular formula is C12H23P. The second-order valence-electron chi connectivity index (χ2n) is 4.71. The zero-order valence-electron chi connectivity index (χ0n) is 8.97. The van der Waals surface area contributed by atoms with Crippen LogP contribution in [-0.2, 0) is 0 Å². The minimum atomic E-state index is 0.439. The smallest absolute Gasteiger partial charge is 0.0207 e. The fourth-order valence-electron chi connectivity index (χ4n) is 3.29. The number of hydrogen-bond donors (Lipinski definition) is 0. The van der Waals surface area contributed by atoms with Crippen LogP contribution < -0.4 is 0 Å². The van der Waals surface area contributed by atoms with Crippen molar-refractivity contribution < 1.29 is 0 Å². The van der Waals surface area contributed by atoms with Crippen LogP contribution in [0.3, 0.4) is 0 Å². The molecule has 0 aliphatic heterocycles. The lowest BCUT2D eigenvalue weighted by Crippen LogP contribution is -2.11. The second kappa shape index (κ2) is 4.78. The Balaban J connectivity index is 1.90. The highest BCUT2D eigenvalue weighted by atomic mass is 31.1. The summed E-state index contributed by atoms with van der Waals surface area (Å²) in [6, 6.07) is 0. The molecule has 0 amide bonds. The Morgan fingerprint density at radius 2 is 1.23 bits per heavy atom. The van der Waals surface area contributed by atoms with Gasteiger partial charge in [0.15, 0.2) is 0 Å². The molecule has 0 radical (unpaired) electrons. The Morgan fingerprint density at radius 3 is 1.54 bits per heavy atom. The summed E-state index contributed by atoms with van der Waals surface area (Å²) >= 11 is 0. The third kappa shape index (κ3) is 2.27. The quantitative estimate of drug-likeness (QED) is 0.590. The third-order valence-electron chi connectivity index (χ3n) is 3.95. The maximum Gasteiger partial charge on any atom is -0.0207 e. The van der Waals surface area contributed by atoms with Crippen LogP contribution >= 0.6 is 7.92 Å². The summed E-state index contributed by atoms with van der Waals surface area (Å²) in [7, 11) is 0.439. The van der Waals surface area contributed by atoms with Crippen molar-refractivity contribution in [1.82, 2.24) is 0 Å². The van der Waals surface area contributed by atoms with Crippen molar-refractivity contribution in [3.05, 3.63) is 0 Å². The molecule has 2 rings (SSSR count). The molecular weight excluding hydrogens is 175 g/mol. The minimum absolute atomic E-state index is 0.439. The average Bonchev–Trinajstić information content (AvgIpc) is 2.76. The van der Waals surface area contributed by atoms with E-state index in [0.717, 1.165) is 0 Å². The maximum absolute atomic E-state index is 2.45. The molecule has 0 heterocycles. The SMILES string of the molecule is CCP(C1CCCC1)C1CCCC1. The summed E-state index contributed by atoms with van der Waals surface area (Å²) < 4.78 is 0. The van der Waals surface area contributed by atoms with Crippen molar-refractivity contribution in [2.45, 2.75) is 69.6 Å². The van der Waals surface area contributed by atoms with Crippen LogP contribution in [0.15, 0.2) is 0 Å². The zero-order valence-corrected chi connectivity index (χ0v) is 9.86. The summed E-state index contributed by atoms with van der Waals surface area (Å²) in [5.41, 5.74) is 2.37. The van der Waals surface area contributed by atoms with E-state index < -0.39 is 0 Å². The molecule has 0 atom stereocenters. The first-order valence-corrected chi connectivity index (χ1v) is 7.84. The fourth-order valence-corrected chi connectivity index (χ4v) is 6.97. The van der Waals surface area contributed by atoms with E-state index >= 15 is 0 Å². The molecule has 2 fully saturated rings. The molecule has 0 unspecified atom stereocenters. The van der Waals surface area contributed by atoms with Crippen molar-refractivity contribution in [2.24, 2.45) is 0 Å². The molecule has 0 aromatic carbocycles. The Kier molecular flexibility index (Phi) is 3.66. The van der Waals surface area contributed by atoms with Gasteiger partial charge in [0, 0.05) is 0 Å². The molecule has 0 N–H and O–H groups in total. The largest absolute Gasteiger partial charge is 0.101 e. The van der Waals surface area contributed by atoms with E-state index in [0.29, 0.717) is 7.92 Å². The lowest BCUT2D eigenvalue weighted by atomic mass is 10.4. The summed E-state index contributed by atoms with van der Waals surface area (Å²) in [6.07, 6.45) is 14.0. The average molecular weight is 198 g/mol. The van der Waals surface area contributed by atoms with Gasteiger partial charge in [0.1, 0.15) is 0 Å². The highest BCUT2D eigenvalue weighted by molar-refractivity contribution is 7.59. The molecule has 0 nitrogen and oxygen atoms in total. The van der Waals surface area contributed by atoms with Crippen LogP contribution in [0.4, 0.5) is 0 Å². The van der Waals surface area contributed by atoms with Crippen molar-refractivity contribution in [3.8, 4) is 0 Å². The van der Waals surface area contributed by atoms with E-state index in [2.05, 4.69) is 6.92 Å². The Bertz CT molecular complexity index is 127. The molecule has 2 aliphatic rings.